The maximum Gasteiger partial charge on any atom is 0.271 e. The van der Waals surface area contributed by atoms with Crippen LogP contribution in [0, 0.1) is 17.1 Å². The highest BCUT2D eigenvalue weighted by Crippen LogP contribution is 2.25. The number of nitrogens with zero attached hydrogens (tertiary/aromatic N) is 3. The molecule has 1 aliphatic rings. The van der Waals surface area contributed by atoms with Gasteiger partial charge in [-0.3, -0.25) is 14.6 Å². The van der Waals surface area contributed by atoms with Crippen molar-refractivity contribution in [2.45, 2.75) is 19.4 Å². The van der Waals surface area contributed by atoms with Gasteiger partial charge in [0.05, 0.1) is 11.3 Å². The minimum atomic E-state index is -0.657. The maximum atomic E-state index is 13.4. The van der Waals surface area contributed by atoms with E-state index >= 15 is 0 Å². The largest absolute Gasteiger partial charge is 0.321 e. The van der Waals surface area contributed by atoms with Gasteiger partial charge in [-0.1, -0.05) is 18.2 Å². The Morgan fingerprint density at radius 1 is 1.27 bits per heavy atom. The van der Waals surface area contributed by atoms with E-state index in [1.165, 1.54) is 24.1 Å². The van der Waals surface area contributed by atoms with Crippen molar-refractivity contribution in [3.8, 4) is 6.07 Å². The molecule has 0 spiro atoms. The van der Waals surface area contributed by atoms with Crippen LogP contribution in [0.3, 0.4) is 0 Å². The van der Waals surface area contributed by atoms with Crippen molar-refractivity contribution >= 4 is 28.8 Å². The van der Waals surface area contributed by atoms with Gasteiger partial charge in [0.15, 0.2) is 5.78 Å². The Balaban J connectivity index is 1.83. The molecular formula is C19H15FN4O2. The number of carbonyl (C=O) groups is 2. The molecule has 0 saturated heterocycles. The molecule has 3 rings (SSSR count). The van der Waals surface area contributed by atoms with Crippen LogP contribution in [0.4, 0.5) is 15.8 Å². The first kappa shape index (κ1) is 17.3. The lowest BCUT2D eigenvalue weighted by Crippen LogP contribution is -2.33. The average Bonchev–Trinajstić information content (AvgIpc) is 3.10. The monoisotopic (exact) mass is 350 g/mol. The van der Waals surface area contributed by atoms with Crippen molar-refractivity contribution in [1.29, 1.82) is 5.26 Å². The van der Waals surface area contributed by atoms with Gasteiger partial charge in [-0.25, -0.2) is 4.39 Å². The number of hydrogen-bond donors (Lipinski definition) is 1. The van der Waals surface area contributed by atoms with Gasteiger partial charge in [0.25, 0.3) is 5.91 Å². The summed E-state index contributed by atoms with van der Waals surface area (Å²) in [6, 6.07) is 14.0. The van der Waals surface area contributed by atoms with Crippen LogP contribution in [0.25, 0.3) is 0 Å². The van der Waals surface area contributed by atoms with Crippen molar-refractivity contribution in [3.63, 3.8) is 0 Å². The molecule has 0 aliphatic carbocycles. The molecule has 7 heteroatoms. The maximum absolute atomic E-state index is 13.4. The summed E-state index contributed by atoms with van der Waals surface area (Å²) in [5.74, 6) is -1.25. The van der Waals surface area contributed by atoms with Gasteiger partial charge in [0.2, 0.25) is 0 Å². The third-order valence-electron chi connectivity index (χ3n) is 4.01. The lowest BCUT2D eigenvalue weighted by Gasteiger charge is -2.20. The number of hydrazone groups is 1. The van der Waals surface area contributed by atoms with Crippen molar-refractivity contribution in [3.05, 3.63) is 59.9 Å². The fourth-order valence-electron chi connectivity index (χ4n) is 2.67. The van der Waals surface area contributed by atoms with E-state index in [-0.39, 0.29) is 29.2 Å². The topological polar surface area (TPSA) is 85.6 Å². The van der Waals surface area contributed by atoms with Crippen LogP contribution < -0.4 is 10.3 Å². The molecule has 1 N–H and O–H groups in total. The summed E-state index contributed by atoms with van der Waals surface area (Å²) >= 11 is 0. The summed E-state index contributed by atoms with van der Waals surface area (Å²) in [5.41, 5.74) is 1.03. The molecule has 130 valence electrons. The van der Waals surface area contributed by atoms with Crippen molar-refractivity contribution in [2.75, 3.05) is 10.3 Å². The van der Waals surface area contributed by atoms with Gasteiger partial charge in [-0.05, 0) is 37.3 Å². The van der Waals surface area contributed by atoms with E-state index in [9.17, 15) is 14.0 Å². The summed E-state index contributed by atoms with van der Waals surface area (Å²) in [6.45, 7) is 1.45. The highest BCUT2D eigenvalue weighted by Gasteiger charge is 2.34. The first-order valence-corrected chi connectivity index (χ1v) is 7.93. The molecule has 0 saturated carbocycles. The summed E-state index contributed by atoms with van der Waals surface area (Å²) in [5, 5.41) is 17.3. The number of benzene rings is 2. The number of nitriles is 1. The van der Waals surface area contributed by atoms with Gasteiger partial charge >= 0.3 is 0 Å². The van der Waals surface area contributed by atoms with Crippen molar-refractivity contribution in [2.24, 2.45) is 5.10 Å². The van der Waals surface area contributed by atoms with Crippen LogP contribution in [0.2, 0.25) is 0 Å². The zero-order chi connectivity index (χ0) is 18.7. The second-order valence-corrected chi connectivity index (χ2v) is 5.82. The van der Waals surface area contributed by atoms with E-state index in [0.29, 0.717) is 5.69 Å². The number of nitrogens with one attached hydrogen (secondary N) is 1. The molecule has 0 radical (unpaired) electrons. The van der Waals surface area contributed by atoms with Gasteiger partial charge in [-0.15, -0.1) is 0 Å². The average molecular weight is 350 g/mol. The zero-order valence-electron chi connectivity index (χ0n) is 13.9. The molecule has 1 atom stereocenters. The first-order valence-electron chi connectivity index (χ1n) is 7.93. The lowest BCUT2D eigenvalue weighted by atomic mass is 10.1. The highest BCUT2D eigenvalue weighted by atomic mass is 19.1. The van der Waals surface area contributed by atoms with Gasteiger partial charge in [-0.2, -0.15) is 10.4 Å². The number of ketones is 1. The predicted molar refractivity (Wildman–Crippen MR) is 95.2 cm³/mol. The highest BCUT2D eigenvalue weighted by molar-refractivity contribution is 6.44. The fraction of sp³-hybridized carbons (Fsp3) is 0.158. The molecule has 0 fully saturated rings. The van der Waals surface area contributed by atoms with Crippen LogP contribution in [0.5, 0.6) is 0 Å². The molecular weight excluding hydrogens is 335 g/mol. The Labute approximate surface area is 149 Å². The molecule has 1 amide bonds. The van der Waals surface area contributed by atoms with Gasteiger partial charge in [0, 0.05) is 12.1 Å². The van der Waals surface area contributed by atoms with E-state index in [2.05, 4.69) is 10.4 Å². The fourth-order valence-corrected chi connectivity index (χ4v) is 2.67. The van der Waals surface area contributed by atoms with E-state index < -0.39 is 17.8 Å². The molecule has 6 nitrogen and oxygen atoms in total. The summed E-state index contributed by atoms with van der Waals surface area (Å²) in [7, 11) is 0. The first-order chi connectivity index (χ1) is 12.5. The lowest BCUT2D eigenvalue weighted by molar-refractivity contribution is -0.118. The van der Waals surface area contributed by atoms with Crippen molar-refractivity contribution < 1.29 is 14.0 Å². The molecule has 2 aromatic rings. The Kier molecular flexibility index (Phi) is 4.76. The molecule has 1 unspecified atom stereocenters. The summed E-state index contributed by atoms with van der Waals surface area (Å²) < 4.78 is 13.4. The molecule has 2 aromatic carbocycles. The molecule has 0 bridgehead atoms. The minimum absolute atomic E-state index is 0.103. The number of hydrogen-bond acceptors (Lipinski definition) is 5. The Hall–Kier alpha value is -3.53. The third-order valence-corrected chi connectivity index (χ3v) is 4.01. The normalized spacial score (nSPS) is 16.0. The predicted octanol–water partition coefficient (Wildman–Crippen LogP) is 2.86. The molecule has 26 heavy (non-hydrogen) atoms. The SMILES string of the molecule is CC(=O)C1CC(C(=O)Nc2ccc(F)c(C#N)c2)=NN1c1ccccc1. The third kappa shape index (κ3) is 3.44. The second kappa shape index (κ2) is 7.15. The van der Waals surface area contributed by atoms with Crippen molar-refractivity contribution in [1.82, 2.24) is 0 Å². The Morgan fingerprint density at radius 3 is 2.65 bits per heavy atom. The number of halogens is 1. The van der Waals surface area contributed by atoms with Crippen LogP contribution in [0.15, 0.2) is 53.6 Å². The van der Waals surface area contributed by atoms with E-state index in [1.807, 2.05) is 18.2 Å². The summed E-state index contributed by atoms with van der Waals surface area (Å²) in [4.78, 5) is 24.4. The van der Waals surface area contributed by atoms with E-state index in [4.69, 9.17) is 5.26 Å². The smallest absolute Gasteiger partial charge is 0.271 e. The van der Waals surface area contributed by atoms with E-state index in [0.717, 1.165) is 6.07 Å². The zero-order valence-corrected chi connectivity index (χ0v) is 13.9. The van der Waals surface area contributed by atoms with Gasteiger partial charge in [0.1, 0.15) is 23.6 Å². The van der Waals surface area contributed by atoms with Crippen LogP contribution in [-0.2, 0) is 9.59 Å². The quantitative estimate of drug-likeness (QED) is 0.919. The Bertz CT molecular complexity index is 934. The molecule has 1 heterocycles. The summed E-state index contributed by atoms with van der Waals surface area (Å²) in [6.07, 6.45) is 0.169. The standard InChI is InChI=1S/C19H15FN4O2/c1-12(25)18-10-17(23-24(18)15-5-3-2-4-6-15)19(26)22-14-7-8-16(20)13(9-14)11-21/h2-9,18H,10H2,1H3,(H,22,26). The number of anilines is 2. The van der Waals surface area contributed by atoms with Crippen LogP contribution in [-0.4, -0.2) is 23.4 Å². The number of Topliss-reactive ketones (excluding diaryl/α,β-unsaturated/α-hetero) is 1. The number of rotatable bonds is 4. The number of para-hydroxylation sites is 1. The second-order valence-electron chi connectivity index (χ2n) is 5.82. The molecule has 1 aliphatic heterocycles. The van der Waals surface area contributed by atoms with Crippen LogP contribution >= 0.6 is 0 Å². The molecule has 0 aromatic heterocycles. The number of carbonyl (C=O) groups excluding carboxylic acids is 2. The van der Waals surface area contributed by atoms with E-state index in [1.54, 1.807) is 18.2 Å². The van der Waals surface area contributed by atoms with Gasteiger partial charge < -0.3 is 5.32 Å². The Morgan fingerprint density at radius 2 is 2.00 bits per heavy atom. The minimum Gasteiger partial charge on any atom is -0.321 e. The number of amides is 1. The van der Waals surface area contributed by atoms with Crippen LogP contribution in [0.1, 0.15) is 18.9 Å².